The number of para-hydroxylation sites is 1. The molecule has 0 radical (unpaired) electrons. The fourth-order valence-corrected chi connectivity index (χ4v) is 4.05. The zero-order valence-corrected chi connectivity index (χ0v) is 17.6. The van der Waals surface area contributed by atoms with Gasteiger partial charge in [0, 0.05) is 42.0 Å². The molecular weight excluding hydrogens is 384 g/mol. The summed E-state index contributed by atoms with van der Waals surface area (Å²) in [6, 6.07) is 16.0. The third kappa shape index (κ3) is 3.96. The highest BCUT2D eigenvalue weighted by Gasteiger charge is 2.16. The Morgan fingerprint density at radius 1 is 1.00 bits per heavy atom. The summed E-state index contributed by atoms with van der Waals surface area (Å²) < 4.78 is 15.3. The molecule has 4 rings (SSSR count). The highest BCUT2D eigenvalue weighted by molar-refractivity contribution is 7.99. The second-order valence-electron chi connectivity index (χ2n) is 6.58. The number of aryl methyl sites for hydroxylation is 1. The van der Waals surface area contributed by atoms with Gasteiger partial charge in [-0.2, -0.15) is 0 Å². The van der Waals surface area contributed by atoms with Crippen molar-refractivity contribution in [1.29, 1.82) is 0 Å². The number of benzene rings is 2. The molecule has 0 aliphatic heterocycles. The molecule has 0 bridgehead atoms. The second kappa shape index (κ2) is 8.61. The van der Waals surface area contributed by atoms with E-state index in [1.165, 1.54) is 10.9 Å². The van der Waals surface area contributed by atoms with Crippen molar-refractivity contribution in [2.75, 3.05) is 19.5 Å². The molecule has 0 aliphatic carbocycles. The van der Waals surface area contributed by atoms with E-state index in [1.54, 1.807) is 18.9 Å². The molecule has 0 aliphatic rings. The van der Waals surface area contributed by atoms with Crippen LogP contribution in [0.5, 0.6) is 11.5 Å². The van der Waals surface area contributed by atoms with Gasteiger partial charge in [0.15, 0.2) is 11.0 Å². The van der Waals surface area contributed by atoms with Gasteiger partial charge in [-0.3, -0.25) is 0 Å². The number of hydrogen-bond donors (Lipinski definition) is 0. The molecule has 6 nitrogen and oxygen atoms in total. The molecule has 0 fully saturated rings. The molecule has 2 heterocycles. The van der Waals surface area contributed by atoms with Gasteiger partial charge in [-0.1, -0.05) is 30.0 Å². The summed E-state index contributed by atoms with van der Waals surface area (Å²) in [6.07, 6.45) is 2.16. The number of rotatable bonds is 8. The maximum absolute atomic E-state index is 5.80. The van der Waals surface area contributed by atoms with Crippen molar-refractivity contribution in [3.8, 4) is 22.9 Å². The van der Waals surface area contributed by atoms with Crippen molar-refractivity contribution in [1.82, 2.24) is 19.3 Å². The average molecular weight is 409 g/mol. The third-order valence-corrected chi connectivity index (χ3v) is 5.83. The Hall–Kier alpha value is -2.93. The topological polar surface area (TPSA) is 54.1 Å². The van der Waals surface area contributed by atoms with Crippen LogP contribution in [0.25, 0.3) is 22.3 Å². The minimum absolute atomic E-state index is 0.592. The Bertz CT molecular complexity index is 1100. The van der Waals surface area contributed by atoms with Gasteiger partial charge in [0.2, 0.25) is 0 Å². The summed E-state index contributed by atoms with van der Waals surface area (Å²) >= 11 is 1.64. The van der Waals surface area contributed by atoms with E-state index >= 15 is 0 Å². The summed E-state index contributed by atoms with van der Waals surface area (Å²) in [5.74, 6) is 3.32. The Morgan fingerprint density at radius 2 is 1.76 bits per heavy atom. The van der Waals surface area contributed by atoms with Crippen molar-refractivity contribution >= 4 is 22.7 Å². The van der Waals surface area contributed by atoms with E-state index in [2.05, 4.69) is 56.7 Å². The summed E-state index contributed by atoms with van der Waals surface area (Å²) in [5.41, 5.74) is 2.33. The van der Waals surface area contributed by atoms with Gasteiger partial charge in [0.05, 0.1) is 13.7 Å². The van der Waals surface area contributed by atoms with Crippen LogP contribution in [0.2, 0.25) is 0 Å². The first-order valence-corrected chi connectivity index (χ1v) is 10.6. The molecule has 0 spiro atoms. The van der Waals surface area contributed by atoms with E-state index in [1.807, 2.05) is 31.3 Å². The van der Waals surface area contributed by atoms with Gasteiger partial charge in [-0.25, -0.2) is 0 Å². The molecule has 150 valence electrons. The normalized spacial score (nSPS) is 11.1. The first-order valence-electron chi connectivity index (χ1n) is 9.58. The van der Waals surface area contributed by atoms with Crippen LogP contribution in [0.4, 0.5) is 0 Å². The number of ether oxygens (including phenoxy) is 2. The van der Waals surface area contributed by atoms with Gasteiger partial charge in [-0.05, 0) is 37.3 Å². The lowest BCUT2D eigenvalue weighted by atomic mass is 10.1. The Morgan fingerprint density at radius 3 is 2.52 bits per heavy atom. The molecule has 4 aromatic rings. The van der Waals surface area contributed by atoms with Gasteiger partial charge in [-0.15, -0.1) is 10.2 Å². The van der Waals surface area contributed by atoms with Crippen LogP contribution in [0.15, 0.2) is 59.9 Å². The Kier molecular flexibility index (Phi) is 5.76. The highest BCUT2D eigenvalue weighted by atomic mass is 32.2. The number of thioether (sulfide) groups is 1. The van der Waals surface area contributed by atoms with Gasteiger partial charge in [0.1, 0.15) is 11.5 Å². The average Bonchev–Trinajstić information content (AvgIpc) is 3.31. The molecule has 0 unspecified atom stereocenters. The molecule has 0 saturated heterocycles. The molecule has 7 heteroatoms. The van der Waals surface area contributed by atoms with Crippen LogP contribution in [0.3, 0.4) is 0 Å². The van der Waals surface area contributed by atoms with Crippen LogP contribution < -0.4 is 9.47 Å². The van der Waals surface area contributed by atoms with E-state index in [-0.39, 0.29) is 0 Å². The zero-order valence-electron chi connectivity index (χ0n) is 16.8. The number of nitrogens with zero attached hydrogens (tertiary/aromatic N) is 4. The fourth-order valence-electron chi connectivity index (χ4n) is 3.33. The van der Waals surface area contributed by atoms with Crippen LogP contribution >= 0.6 is 11.8 Å². The second-order valence-corrected chi connectivity index (χ2v) is 7.65. The van der Waals surface area contributed by atoms with E-state index in [0.717, 1.165) is 40.3 Å². The first-order chi connectivity index (χ1) is 14.2. The lowest BCUT2D eigenvalue weighted by Gasteiger charge is -2.07. The van der Waals surface area contributed by atoms with Crippen LogP contribution in [0, 0.1) is 0 Å². The van der Waals surface area contributed by atoms with Crippen molar-refractivity contribution in [3.63, 3.8) is 0 Å². The predicted molar refractivity (Wildman–Crippen MR) is 117 cm³/mol. The van der Waals surface area contributed by atoms with Gasteiger partial charge >= 0.3 is 0 Å². The number of fused-ring (bicyclic) bond motifs is 1. The van der Waals surface area contributed by atoms with Crippen molar-refractivity contribution in [2.45, 2.75) is 18.6 Å². The molecule has 0 amide bonds. The number of methoxy groups -OCH3 is 1. The van der Waals surface area contributed by atoms with E-state index in [0.29, 0.717) is 6.61 Å². The number of hydrogen-bond acceptors (Lipinski definition) is 5. The maximum atomic E-state index is 5.80. The molecule has 0 atom stereocenters. The summed E-state index contributed by atoms with van der Waals surface area (Å²) in [4.78, 5) is 0. The Balaban J connectivity index is 1.44. The van der Waals surface area contributed by atoms with Crippen molar-refractivity contribution in [3.05, 3.63) is 54.7 Å². The number of aromatic nitrogens is 4. The SMILES string of the molecule is CCn1cc(-c2nnc(SCCOc3ccc(OC)cc3)n2C)c2ccccc21. The summed E-state index contributed by atoms with van der Waals surface area (Å²) in [7, 11) is 3.67. The van der Waals surface area contributed by atoms with Crippen molar-refractivity contribution < 1.29 is 9.47 Å². The molecule has 0 saturated carbocycles. The van der Waals surface area contributed by atoms with Crippen LogP contribution in [0.1, 0.15) is 6.92 Å². The van der Waals surface area contributed by atoms with E-state index in [4.69, 9.17) is 9.47 Å². The van der Waals surface area contributed by atoms with Gasteiger partial charge < -0.3 is 18.6 Å². The van der Waals surface area contributed by atoms with Crippen LogP contribution in [-0.4, -0.2) is 38.8 Å². The largest absolute Gasteiger partial charge is 0.497 e. The minimum atomic E-state index is 0.592. The van der Waals surface area contributed by atoms with Gasteiger partial charge in [0.25, 0.3) is 0 Å². The van der Waals surface area contributed by atoms with E-state index in [9.17, 15) is 0 Å². The standard InChI is InChI=1S/C22H24N4O2S/c1-4-26-15-19(18-7-5-6-8-20(18)26)21-23-24-22(25(21)2)29-14-13-28-17-11-9-16(27-3)10-12-17/h5-12,15H,4,13-14H2,1-3H3. The predicted octanol–water partition coefficient (Wildman–Crippen LogP) is 4.64. The smallest absolute Gasteiger partial charge is 0.191 e. The van der Waals surface area contributed by atoms with Crippen LogP contribution in [-0.2, 0) is 13.6 Å². The van der Waals surface area contributed by atoms with E-state index < -0.39 is 0 Å². The minimum Gasteiger partial charge on any atom is -0.497 e. The molecule has 2 aromatic heterocycles. The molecule has 0 N–H and O–H groups in total. The zero-order chi connectivity index (χ0) is 20.2. The third-order valence-electron chi connectivity index (χ3n) is 4.85. The first kappa shape index (κ1) is 19.4. The highest BCUT2D eigenvalue weighted by Crippen LogP contribution is 2.31. The lowest BCUT2D eigenvalue weighted by molar-refractivity contribution is 0.342. The quantitative estimate of drug-likeness (QED) is 0.314. The molecule has 2 aromatic carbocycles. The van der Waals surface area contributed by atoms with Crippen molar-refractivity contribution in [2.24, 2.45) is 7.05 Å². The maximum Gasteiger partial charge on any atom is 0.191 e. The monoisotopic (exact) mass is 408 g/mol. The lowest BCUT2D eigenvalue weighted by Crippen LogP contribution is -2.02. The summed E-state index contributed by atoms with van der Waals surface area (Å²) in [6.45, 7) is 3.66. The molecular formula is C22H24N4O2S. The molecule has 29 heavy (non-hydrogen) atoms. The fraction of sp³-hybridized carbons (Fsp3) is 0.273. The summed E-state index contributed by atoms with van der Waals surface area (Å²) in [5, 5.41) is 10.9. The Labute approximate surface area is 174 Å².